The molecule has 0 spiro atoms. The molecule has 2 aromatic rings. The largest absolute Gasteiger partial charge is 0.335 e. The molecule has 0 saturated carbocycles. The van der Waals surface area contributed by atoms with E-state index in [2.05, 4.69) is 0 Å². The van der Waals surface area contributed by atoms with Crippen LogP contribution in [0.25, 0.3) is 0 Å². The van der Waals surface area contributed by atoms with E-state index in [1.54, 1.807) is 33.7 Å². The predicted octanol–water partition coefficient (Wildman–Crippen LogP) is 2.45. The first-order valence-corrected chi connectivity index (χ1v) is 11.1. The molecule has 128 valence electrons. The maximum atomic E-state index is 12.7. The summed E-state index contributed by atoms with van der Waals surface area (Å²) in [4.78, 5) is 16.6. The first-order chi connectivity index (χ1) is 11.6. The Morgan fingerprint density at radius 2 is 1.92 bits per heavy atom. The van der Waals surface area contributed by atoms with Crippen molar-refractivity contribution in [1.29, 1.82) is 0 Å². The maximum Gasteiger partial charge on any atom is 0.264 e. The van der Waals surface area contributed by atoms with Crippen molar-refractivity contribution in [1.82, 2.24) is 9.21 Å². The Balaban J connectivity index is 1.43. The van der Waals surface area contributed by atoms with Crippen LogP contribution in [0.15, 0.2) is 27.8 Å². The van der Waals surface area contributed by atoms with Gasteiger partial charge in [-0.3, -0.25) is 4.79 Å². The first kappa shape index (κ1) is 16.3. The lowest BCUT2D eigenvalue weighted by atomic mass is 10.2. The molecule has 0 bridgehead atoms. The Morgan fingerprint density at radius 1 is 1.12 bits per heavy atom. The van der Waals surface area contributed by atoms with Crippen LogP contribution >= 0.6 is 22.7 Å². The summed E-state index contributed by atoms with van der Waals surface area (Å²) in [6.07, 6.45) is 3.35. The van der Waals surface area contributed by atoms with E-state index in [-0.39, 0.29) is 5.91 Å². The van der Waals surface area contributed by atoms with Crippen molar-refractivity contribution in [3.8, 4) is 0 Å². The molecule has 1 amide bonds. The molecular weight excluding hydrogens is 364 g/mol. The minimum absolute atomic E-state index is 0.0440. The minimum Gasteiger partial charge on any atom is -0.335 e. The number of fused-ring (bicyclic) bond motifs is 1. The van der Waals surface area contributed by atoms with Crippen LogP contribution in [-0.2, 0) is 22.9 Å². The van der Waals surface area contributed by atoms with Gasteiger partial charge in [0.1, 0.15) is 4.21 Å². The van der Waals surface area contributed by atoms with Gasteiger partial charge in [0.15, 0.2) is 0 Å². The SMILES string of the molecule is O=C(c1cc2c(s1)CCC2)N1CCN(S(=O)(=O)c2cccs2)CC1. The smallest absolute Gasteiger partial charge is 0.264 e. The topological polar surface area (TPSA) is 57.7 Å². The highest BCUT2D eigenvalue weighted by Gasteiger charge is 2.31. The zero-order chi connectivity index (χ0) is 16.7. The van der Waals surface area contributed by atoms with E-state index in [9.17, 15) is 13.2 Å². The van der Waals surface area contributed by atoms with Gasteiger partial charge < -0.3 is 4.90 Å². The monoisotopic (exact) mass is 382 g/mol. The molecule has 4 rings (SSSR count). The van der Waals surface area contributed by atoms with Gasteiger partial charge in [0.05, 0.1) is 4.88 Å². The molecule has 0 aromatic carbocycles. The number of carbonyl (C=O) groups is 1. The van der Waals surface area contributed by atoms with Crippen LogP contribution in [0.5, 0.6) is 0 Å². The Labute approximate surface area is 149 Å². The van der Waals surface area contributed by atoms with E-state index in [1.807, 2.05) is 6.07 Å². The van der Waals surface area contributed by atoms with Crippen LogP contribution in [-0.4, -0.2) is 49.7 Å². The molecule has 2 aliphatic rings. The highest BCUT2D eigenvalue weighted by Crippen LogP contribution is 2.31. The van der Waals surface area contributed by atoms with Crippen LogP contribution in [0.2, 0.25) is 0 Å². The Hall–Kier alpha value is -1.22. The van der Waals surface area contributed by atoms with E-state index in [1.165, 1.54) is 32.5 Å². The average molecular weight is 383 g/mol. The third-order valence-corrected chi connectivity index (χ3v) is 9.07. The average Bonchev–Trinajstić information content (AvgIpc) is 3.30. The molecule has 24 heavy (non-hydrogen) atoms. The molecule has 0 radical (unpaired) electrons. The van der Waals surface area contributed by atoms with Crippen LogP contribution in [0, 0.1) is 0 Å². The zero-order valence-corrected chi connectivity index (χ0v) is 15.6. The molecule has 0 N–H and O–H groups in total. The van der Waals surface area contributed by atoms with Gasteiger partial charge >= 0.3 is 0 Å². The number of carbonyl (C=O) groups excluding carboxylic acids is 1. The summed E-state index contributed by atoms with van der Waals surface area (Å²) in [6, 6.07) is 5.40. The highest BCUT2D eigenvalue weighted by atomic mass is 32.2. The van der Waals surface area contributed by atoms with E-state index >= 15 is 0 Å². The van der Waals surface area contributed by atoms with E-state index in [4.69, 9.17) is 0 Å². The molecule has 0 atom stereocenters. The molecular formula is C16H18N2O3S3. The number of rotatable bonds is 3. The highest BCUT2D eigenvalue weighted by molar-refractivity contribution is 7.91. The molecule has 8 heteroatoms. The maximum absolute atomic E-state index is 12.7. The lowest BCUT2D eigenvalue weighted by molar-refractivity contribution is 0.0703. The van der Waals surface area contributed by atoms with Gasteiger partial charge in [-0.2, -0.15) is 4.31 Å². The van der Waals surface area contributed by atoms with Gasteiger partial charge in [0.25, 0.3) is 15.9 Å². The first-order valence-electron chi connectivity index (χ1n) is 8.00. The number of thiophene rings is 2. The predicted molar refractivity (Wildman–Crippen MR) is 95.3 cm³/mol. The molecule has 2 aromatic heterocycles. The zero-order valence-electron chi connectivity index (χ0n) is 13.1. The summed E-state index contributed by atoms with van der Waals surface area (Å²) in [5.41, 5.74) is 1.32. The summed E-state index contributed by atoms with van der Waals surface area (Å²) < 4.78 is 26.9. The summed E-state index contributed by atoms with van der Waals surface area (Å²) in [7, 11) is -3.41. The van der Waals surface area contributed by atoms with Crippen LogP contribution in [0.3, 0.4) is 0 Å². The second-order valence-electron chi connectivity index (χ2n) is 6.04. The fourth-order valence-electron chi connectivity index (χ4n) is 3.26. The standard InChI is InChI=1S/C16H18N2O3S3/c19-16(14-11-12-3-1-4-13(12)23-14)17-6-8-18(9-7-17)24(20,21)15-5-2-10-22-15/h2,5,10-11H,1,3-4,6-9H2. The summed E-state index contributed by atoms with van der Waals surface area (Å²) in [6.45, 7) is 1.62. The van der Waals surface area contributed by atoms with E-state index in [0.29, 0.717) is 30.4 Å². The third kappa shape index (κ3) is 2.81. The van der Waals surface area contributed by atoms with Crippen molar-refractivity contribution in [2.45, 2.75) is 23.5 Å². The van der Waals surface area contributed by atoms with Crippen molar-refractivity contribution < 1.29 is 13.2 Å². The van der Waals surface area contributed by atoms with Gasteiger partial charge in [-0.1, -0.05) is 6.07 Å². The molecule has 0 unspecified atom stereocenters. The summed E-state index contributed by atoms with van der Waals surface area (Å²) >= 11 is 2.84. The fraction of sp³-hybridized carbons (Fsp3) is 0.438. The van der Waals surface area contributed by atoms with Crippen molar-refractivity contribution >= 4 is 38.6 Å². The fourth-order valence-corrected chi connectivity index (χ4v) is 7.05. The quantitative estimate of drug-likeness (QED) is 0.819. The number of sulfonamides is 1. The second-order valence-corrected chi connectivity index (χ2v) is 10.3. The molecule has 5 nitrogen and oxygen atoms in total. The Kier molecular flexibility index (Phi) is 4.24. The van der Waals surface area contributed by atoms with Gasteiger partial charge in [0.2, 0.25) is 0 Å². The normalized spacial score (nSPS) is 18.8. The lowest BCUT2D eigenvalue weighted by Crippen LogP contribution is -2.50. The second kappa shape index (κ2) is 6.25. The molecule has 1 aliphatic carbocycles. The van der Waals surface area contributed by atoms with Gasteiger partial charge in [-0.25, -0.2) is 8.42 Å². The van der Waals surface area contributed by atoms with Crippen molar-refractivity contribution in [3.63, 3.8) is 0 Å². The van der Waals surface area contributed by atoms with E-state index in [0.717, 1.165) is 17.7 Å². The van der Waals surface area contributed by atoms with E-state index < -0.39 is 10.0 Å². The minimum atomic E-state index is -3.41. The number of hydrogen-bond acceptors (Lipinski definition) is 5. The summed E-state index contributed by atoms with van der Waals surface area (Å²) in [5, 5.41) is 1.77. The number of hydrogen-bond donors (Lipinski definition) is 0. The number of nitrogens with zero attached hydrogens (tertiary/aromatic N) is 2. The molecule has 1 saturated heterocycles. The van der Waals surface area contributed by atoms with Crippen LogP contribution in [0.4, 0.5) is 0 Å². The van der Waals surface area contributed by atoms with Crippen molar-refractivity contribution in [2.24, 2.45) is 0 Å². The summed E-state index contributed by atoms with van der Waals surface area (Å²) in [5.74, 6) is 0.0440. The van der Waals surface area contributed by atoms with Crippen molar-refractivity contribution in [3.05, 3.63) is 38.9 Å². The van der Waals surface area contributed by atoms with Crippen molar-refractivity contribution in [2.75, 3.05) is 26.2 Å². The van der Waals surface area contributed by atoms with Gasteiger partial charge in [-0.05, 0) is 42.3 Å². The van der Waals surface area contributed by atoms with Crippen LogP contribution in [0.1, 0.15) is 26.5 Å². The lowest BCUT2D eigenvalue weighted by Gasteiger charge is -2.33. The number of piperazine rings is 1. The molecule has 1 fully saturated rings. The molecule has 1 aliphatic heterocycles. The Bertz CT molecular complexity index is 826. The van der Waals surface area contributed by atoms with Gasteiger partial charge in [0, 0.05) is 31.1 Å². The number of aryl methyl sites for hydroxylation is 2. The number of amides is 1. The van der Waals surface area contributed by atoms with Crippen LogP contribution < -0.4 is 0 Å². The molecule has 3 heterocycles. The third-order valence-electron chi connectivity index (χ3n) is 4.57. The van der Waals surface area contributed by atoms with Gasteiger partial charge in [-0.15, -0.1) is 22.7 Å². The Morgan fingerprint density at radius 3 is 2.58 bits per heavy atom.